The van der Waals surface area contributed by atoms with Crippen molar-refractivity contribution < 1.29 is 8.42 Å². The van der Waals surface area contributed by atoms with Gasteiger partial charge in [-0.25, -0.2) is 9.44 Å². The second-order valence-electron chi connectivity index (χ2n) is 5.44. The molecule has 1 fully saturated rings. The zero-order chi connectivity index (χ0) is 15.1. The Morgan fingerprint density at radius 2 is 1.81 bits per heavy atom. The maximum absolute atomic E-state index is 11.8. The van der Waals surface area contributed by atoms with Crippen LogP contribution in [-0.4, -0.2) is 45.5 Å². The van der Waals surface area contributed by atoms with Gasteiger partial charge in [-0.2, -0.15) is 8.42 Å². The minimum absolute atomic E-state index is 0.211. The number of hydrogen-bond donors (Lipinski definition) is 2. The quantitative estimate of drug-likeness (QED) is 0.757. The largest absolute Gasteiger partial charge is 0.299 e. The van der Waals surface area contributed by atoms with Crippen LogP contribution in [0.15, 0.2) is 30.3 Å². The zero-order valence-electron chi connectivity index (χ0n) is 12.6. The van der Waals surface area contributed by atoms with Gasteiger partial charge in [-0.1, -0.05) is 37.3 Å². The molecule has 1 aromatic carbocycles. The molecule has 1 aromatic rings. The first-order valence-electron chi connectivity index (χ1n) is 7.63. The summed E-state index contributed by atoms with van der Waals surface area (Å²) in [7, 11) is -3.38. The summed E-state index contributed by atoms with van der Waals surface area (Å²) >= 11 is 0. The van der Waals surface area contributed by atoms with E-state index in [1.807, 2.05) is 18.2 Å². The highest BCUT2D eigenvalue weighted by atomic mass is 32.2. The van der Waals surface area contributed by atoms with Crippen molar-refractivity contribution in [2.45, 2.75) is 32.2 Å². The van der Waals surface area contributed by atoms with Crippen molar-refractivity contribution in [2.24, 2.45) is 0 Å². The predicted molar refractivity (Wildman–Crippen MR) is 85.3 cm³/mol. The van der Waals surface area contributed by atoms with Crippen LogP contribution in [0.25, 0.3) is 0 Å². The smallest absolute Gasteiger partial charge is 0.276 e. The van der Waals surface area contributed by atoms with Crippen LogP contribution in [-0.2, 0) is 16.6 Å². The third kappa shape index (κ3) is 5.39. The van der Waals surface area contributed by atoms with Crippen LogP contribution in [0, 0.1) is 0 Å². The van der Waals surface area contributed by atoms with Crippen LogP contribution in [0.5, 0.6) is 0 Å². The maximum atomic E-state index is 11.8. The van der Waals surface area contributed by atoms with E-state index in [-0.39, 0.29) is 6.04 Å². The van der Waals surface area contributed by atoms with Crippen molar-refractivity contribution >= 4 is 10.2 Å². The molecule has 1 saturated heterocycles. The van der Waals surface area contributed by atoms with Crippen LogP contribution >= 0.6 is 0 Å². The first-order valence-corrected chi connectivity index (χ1v) is 9.11. The summed E-state index contributed by atoms with van der Waals surface area (Å²) < 4.78 is 28.7. The fraction of sp³-hybridized carbons (Fsp3) is 0.600. The molecule has 1 heterocycles. The third-order valence-corrected chi connectivity index (χ3v) is 5.03. The van der Waals surface area contributed by atoms with E-state index in [2.05, 4.69) is 26.5 Å². The molecule has 0 radical (unpaired) electrons. The Morgan fingerprint density at radius 1 is 1.14 bits per heavy atom. The molecule has 0 bridgehead atoms. The molecule has 1 aliphatic rings. The molecule has 0 aromatic heterocycles. The van der Waals surface area contributed by atoms with E-state index < -0.39 is 10.2 Å². The number of rotatable bonds is 8. The van der Waals surface area contributed by atoms with Gasteiger partial charge in [0.15, 0.2) is 0 Å². The van der Waals surface area contributed by atoms with Crippen LogP contribution in [0.1, 0.15) is 25.3 Å². The van der Waals surface area contributed by atoms with Gasteiger partial charge in [-0.3, -0.25) is 4.90 Å². The van der Waals surface area contributed by atoms with Crippen LogP contribution in [0.4, 0.5) is 0 Å². The molecule has 118 valence electrons. The van der Waals surface area contributed by atoms with E-state index in [0.29, 0.717) is 13.1 Å². The van der Waals surface area contributed by atoms with Crippen molar-refractivity contribution in [2.75, 3.05) is 26.2 Å². The van der Waals surface area contributed by atoms with Crippen molar-refractivity contribution in [3.05, 3.63) is 35.9 Å². The van der Waals surface area contributed by atoms with E-state index in [0.717, 1.165) is 19.5 Å². The second-order valence-corrected chi connectivity index (χ2v) is 7.02. The topological polar surface area (TPSA) is 61.4 Å². The lowest BCUT2D eigenvalue weighted by Crippen LogP contribution is -2.46. The van der Waals surface area contributed by atoms with Crippen molar-refractivity contribution in [1.82, 2.24) is 14.3 Å². The van der Waals surface area contributed by atoms with Crippen molar-refractivity contribution in [3.63, 3.8) is 0 Å². The molecule has 2 N–H and O–H groups in total. The third-order valence-electron chi connectivity index (χ3n) is 3.81. The monoisotopic (exact) mass is 311 g/mol. The predicted octanol–water partition coefficient (Wildman–Crippen LogP) is 1.14. The number of nitrogens with one attached hydrogen (secondary N) is 2. The highest BCUT2D eigenvalue weighted by molar-refractivity contribution is 7.87. The van der Waals surface area contributed by atoms with Crippen molar-refractivity contribution in [1.29, 1.82) is 0 Å². The van der Waals surface area contributed by atoms with Gasteiger partial charge in [-0.15, -0.1) is 0 Å². The average Bonchev–Trinajstić information content (AvgIpc) is 2.98. The van der Waals surface area contributed by atoms with Gasteiger partial charge in [0.05, 0.1) is 0 Å². The minimum Gasteiger partial charge on any atom is -0.299 e. The summed E-state index contributed by atoms with van der Waals surface area (Å²) in [6, 6.07) is 10.5. The lowest BCUT2D eigenvalue weighted by atomic mass is 10.1. The van der Waals surface area contributed by atoms with Gasteiger partial charge >= 0.3 is 0 Å². The number of benzene rings is 1. The standard InChI is InChI=1S/C15H25N3O2S/c1-2-16-21(19,20)17-13-15(18-10-6-7-11-18)12-14-8-4-3-5-9-14/h3-5,8-9,15-17H,2,6-7,10-13H2,1H3. The summed E-state index contributed by atoms with van der Waals surface area (Å²) in [5.41, 5.74) is 1.25. The van der Waals surface area contributed by atoms with Crippen molar-refractivity contribution in [3.8, 4) is 0 Å². The summed E-state index contributed by atoms with van der Waals surface area (Å²) in [5, 5.41) is 0. The summed E-state index contributed by atoms with van der Waals surface area (Å²) in [5.74, 6) is 0. The lowest BCUT2D eigenvalue weighted by molar-refractivity contribution is 0.241. The SMILES string of the molecule is CCNS(=O)(=O)NCC(Cc1ccccc1)N1CCCC1. The van der Waals surface area contributed by atoms with Gasteiger partial charge in [0.1, 0.15) is 0 Å². The fourth-order valence-corrected chi connectivity index (χ4v) is 3.66. The normalized spacial score (nSPS) is 18.0. The summed E-state index contributed by atoms with van der Waals surface area (Å²) in [6.45, 7) is 4.74. The fourth-order valence-electron chi connectivity index (χ4n) is 2.77. The van der Waals surface area contributed by atoms with E-state index in [9.17, 15) is 8.42 Å². The highest BCUT2D eigenvalue weighted by Crippen LogP contribution is 2.15. The Bertz CT molecular complexity index is 513. The Hall–Kier alpha value is -0.950. The first-order chi connectivity index (χ1) is 10.1. The Labute approximate surface area is 127 Å². The van der Waals surface area contributed by atoms with E-state index in [1.54, 1.807) is 6.92 Å². The molecule has 0 spiro atoms. The van der Waals surface area contributed by atoms with E-state index >= 15 is 0 Å². The molecule has 2 rings (SSSR count). The molecule has 0 amide bonds. The van der Waals surface area contributed by atoms with Gasteiger partial charge in [0.2, 0.25) is 0 Å². The van der Waals surface area contributed by atoms with Gasteiger partial charge in [-0.05, 0) is 37.9 Å². The molecule has 1 unspecified atom stereocenters. The Kier molecular flexibility index (Phi) is 6.17. The van der Waals surface area contributed by atoms with Crippen LogP contribution in [0.3, 0.4) is 0 Å². The van der Waals surface area contributed by atoms with Gasteiger partial charge in [0.25, 0.3) is 10.2 Å². The number of likely N-dealkylation sites (tertiary alicyclic amines) is 1. The second kappa shape index (κ2) is 7.89. The lowest BCUT2D eigenvalue weighted by Gasteiger charge is -2.28. The molecule has 21 heavy (non-hydrogen) atoms. The van der Waals surface area contributed by atoms with Crippen LogP contribution in [0.2, 0.25) is 0 Å². The molecule has 5 nitrogen and oxygen atoms in total. The minimum atomic E-state index is -3.38. The Balaban J connectivity index is 1.99. The zero-order valence-corrected chi connectivity index (χ0v) is 13.4. The highest BCUT2D eigenvalue weighted by Gasteiger charge is 2.23. The van der Waals surface area contributed by atoms with Gasteiger partial charge < -0.3 is 0 Å². The maximum Gasteiger partial charge on any atom is 0.276 e. The molecular weight excluding hydrogens is 286 g/mol. The number of hydrogen-bond acceptors (Lipinski definition) is 3. The molecular formula is C15H25N3O2S. The molecule has 0 aliphatic carbocycles. The molecule has 0 saturated carbocycles. The number of nitrogens with zero attached hydrogens (tertiary/aromatic N) is 1. The van der Waals surface area contributed by atoms with Gasteiger partial charge in [0, 0.05) is 19.1 Å². The molecule has 1 atom stereocenters. The Morgan fingerprint density at radius 3 is 2.43 bits per heavy atom. The molecule has 1 aliphatic heterocycles. The average molecular weight is 311 g/mol. The summed E-state index contributed by atoms with van der Waals surface area (Å²) in [6.07, 6.45) is 3.27. The molecule has 6 heteroatoms. The van der Waals surface area contributed by atoms with E-state index in [4.69, 9.17) is 0 Å². The van der Waals surface area contributed by atoms with E-state index in [1.165, 1.54) is 18.4 Å². The first kappa shape index (κ1) is 16.4. The summed E-state index contributed by atoms with van der Waals surface area (Å²) in [4.78, 5) is 2.39. The van der Waals surface area contributed by atoms with Crippen LogP contribution < -0.4 is 9.44 Å².